The molecule has 3 heteroatoms. The van der Waals surface area contributed by atoms with Crippen LogP contribution in [0.1, 0.15) is 210 Å². The summed E-state index contributed by atoms with van der Waals surface area (Å²) >= 11 is 0. The van der Waals surface area contributed by atoms with Gasteiger partial charge in [0.15, 0.2) is 0 Å². The van der Waals surface area contributed by atoms with E-state index >= 15 is 0 Å². The second-order valence-electron chi connectivity index (χ2n) is 12.9. The maximum Gasteiger partial charge on any atom is 0.335 e. The first-order valence-electron chi connectivity index (χ1n) is 18.7. The fourth-order valence-electron chi connectivity index (χ4n) is 6.03. The van der Waals surface area contributed by atoms with Crippen LogP contribution in [0, 0.1) is 0 Å². The molecule has 0 bridgehead atoms. The highest BCUT2D eigenvalue weighted by Gasteiger charge is 2.03. The largest absolute Gasteiger partial charge is 0.494 e. The third-order valence-corrected chi connectivity index (χ3v) is 8.85. The molecule has 0 saturated carbocycles. The van der Waals surface area contributed by atoms with E-state index in [9.17, 15) is 4.79 Å². The molecule has 3 nitrogen and oxygen atoms in total. The highest BCUT2D eigenvalue weighted by molar-refractivity contribution is 5.87. The Morgan fingerprint density at radius 3 is 1.12 bits per heavy atom. The van der Waals surface area contributed by atoms with Crippen molar-refractivity contribution < 1.29 is 14.6 Å². The van der Waals surface area contributed by atoms with Crippen molar-refractivity contribution >= 4 is 5.97 Å². The summed E-state index contributed by atoms with van der Waals surface area (Å²) in [5.74, 6) is -0.248. The molecular formula is C39H70O3. The SMILES string of the molecule is CCCCCCCCCCCCCCCCCCCCCCCCCCCCCCCCOc1cccc(C(=O)O)c1. The Morgan fingerprint density at radius 1 is 0.500 bits per heavy atom. The van der Waals surface area contributed by atoms with Crippen molar-refractivity contribution in [2.45, 2.75) is 200 Å². The minimum absolute atomic E-state index is 0.285. The molecule has 1 aromatic rings. The lowest BCUT2D eigenvalue weighted by atomic mass is 10.0. The van der Waals surface area contributed by atoms with Crippen LogP contribution in [0.5, 0.6) is 5.75 Å². The molecule has 0 heterocycles. The van der Waals surface area contributed by atoms with E-state index in [4.69, 9.17) is 9.84 Å². The first kappa shape index (κ1) is 38.5. The second-order valence-corrected chi connectivity index (χ2v) is 12.9. The van der Waals surface area contributed by atoms with Gasteiger partial charge in [0.25, 0.3) is 0 Å². The van der Waals surface area contributed by atoms with Gasteiger partial charge in [0.1, 0.15) is 5.75 Å². The molecule has 0 amide bonds. The van der Waals surface area contributed by atoms with Crippen LogP contribution >= 0.6 is 0 Å². The maximum absolute atomic E-state index is 11.0. The molecule has 0 aromatic heterocycles. The van der Waals surface area contributed by atoms with Crippen molar-refractivity contribution in [2.75, 3.05) is 6.61 Å². The molecule has 1 rings (SSSR count). The van der Waals surface area contributed by atoms with Gasteiger partial charge in [-0.05, 0) is 24.6 Å². The zero-order valence-electron chi connectivity index (χ0n) is 28.0. The van der Waals surface area contributed by atoms with Crippen molar-refractivity contribution in [2.24, 2.45) is 0 Å². The number of aromatic carboxylic acids is 1. The van der Waals surface area contributed by atoms with Gasteiger partial charge < -0.3 is 9.84 Å². The van der Waals surface area contributed by atoms with E-state index in [1.54, 1.807) is 18.2 Å². The molecule has 0 aliphatic rings. The molecule has 0 atom stereocenters. The van der Waals surface area contributed by atoms with Gasteiger partial charge in [-0.25, -0.2) is 4.79 Å². The number of carbonyl (C=O) groups is 1. The lowest BCUT2D eigenvalue weighted by Gasteiger charge is -2.07. The van der Waals surface area contributed by atoms with Gasteiger partial charge in [0, 0.05) is 0 Å². The monoisotopic (exact) mass is 587 g/mol. The number of carboxylic acid groups (broad SMARTS) is 1. The third kappa shape index (κ3) is 26.1. The minimum Gasteiger partial charge on any atom is -0.494 e. The summed E-state index contributed by atoms with van der Waals surface area (Å²) in [5.41, 5.74) is 0.285. The zero-order chi connectivity index (χ0) is 30.2. The molecule has 0 aliphatic carbocycles. The van der Waals surface area contributed by atoms with Gasteiger partial charge in [-0.2, -0.15) is 0 Å². The van der Waals surface area contributed by atoms with Gasteiger partial charge in [0.05, 0.1) is 12.2 Å². The number of unbranched alkanes of at least 4 members (excludes halogenated alkanes) is 29. The summed E-state index contributed by atoms with van der Waals surface area (Å²) in [5, 5.41) is 9.04. The lowest BCUT2D eigenvalue weighted by Crippen LogP contribution is -2.00. The average molecular weight is 587 g/mol. The summed E-state index contributed by atoms with van der Waals surface area (Å²) in [6.07, 6.45) is 42.5. The maximum atomic E-state index is 11.0. The number of benzene rings is 1. The summed E-state index contributed by atoms with van der Waals surface area (Å²) in [6.45, 7) is 2.97. The van der Waals surface area contributed by atoms with Gasteiger partial charge in [0.2, 0.25) is 0 Å². The Kier molecular flexibility index (Phi) is 28.4. The Morgan fingerprint density at radius 2 is 0.810 bits per heavy atom. The van der Waals surface area contributed by atoms with Crippen LogP contribution in [-0.2, 0) is 0 Å². The smallest absolute Gasteiger partial charge is 0.335 e. The van der Waals surface area contributed by atoms with Crippen LogP contribution in [0.3, 0.4) is 0 Å². The average Bonchev–Trinajstić information content (AvgIpc) is 3.00. The summed E-state index contributed by atoms with van der Waals surface area (Å²) in [6, 6.07) is 6.76. The van der Waals surface area contributed by atoms with E-state index in [-0.39, 0.29) is 5.56 Å². The molecule has 1 aromatic carbocycles. The zero-order valence-corrected chi connectivity index (χ0v) is 28.0. The van der Waals surface area contributed by atoms with Gasteiger partial charge in [-0.1, -0.05) is 199 Å². The number of hydrogen-bond donors (Lipinski definition) is 1. The van der Waals surface area contributed by atoms with Crippen LogP contribution < -0.4 is 4.74 Å². The molecule has 1 N–H and O–H groups in total. The van der Waals surface area contributed by atoms with Crippen LogP contribution in [0.2, 0.25) is 0 Å². The molecule has 0 fully saturated rings. The van der Waals surface area contributed by atoms with E-state index in [1.807, 2.05) is 6.07 Å². The number of rotatable bonds is 33. The third-order valence-electron chi connectivity index (χ3n) is 8.85. The first-order valence-corrected chi connectivity index (χ1v) is 18.7. The van der Waals surface area contributed by atoms with Gasteiger partial charge in [-0.15, -0.1) is 0 Å². The molecule has 0 aliphatic heterocycles. The van der Waals surface area contributed by atoms with E-state index < -0.39 is 5.97 Å². The van der Waals surface area contributed by atoms with Crippen LogP contribution in [0.15, 0.2) is 24.3 Å². The molecule has 0 saturated heterocycles. The molecule has 42 heavy (non-hydrogen) atoms. The fraction of sp³-hybridized carbons (Fsp3) is 0.821. The van der Waals surface area contributed by atoms with Crippen molar-refractivity contribution in [1.29, 1.82) is 0 Å². The predicted molar refractivity (Wildman–Crippen MR) is 183 cm³/mol. The standard InChI is InChI=1S/C39H70O3/c1-2-3-4-5-6-7-8-9-10-11-12-13-14-15-16-17-18-19-20-21-22-23-24-25-26-27-28-29-30-31-35-42-38-34-32-33-37(36-38)39(40)41/h32-34,36H,2-31,35H2,1H3,(H,40,41). The minimum atomic E-state index is -0.906. The first-order chi connectivity index (χ1) is 20.7. The van der Waals surface area contributed by atoms with Crippen molar-refractivity contribution in [3.05, 3.63) is 29.8 Å². The highest BCUT2D eigenvalue weighted by atomic mass is 16.5. The van der Waals surface area contributed by atoms with Crippen LogP contribution in [0.4, 0.5) is 0 Å². The van der Waals surface area contributed by atoms with E-state index in [0.29, 0.717) is 12.4 Å². The molecular weight excluding hydrogens is 516 g/mol. The summed E-state index contributed by atoms with van der Waals surface area (Å²) in [4.78, 5) is 11.0. The topological polar surface area (TPSA) is 46.5 Å². The number of carboxylic acids is 1. The number of hydrogen-bond acceptors (Lipinski definition) is 2. The van der Waals surface area contributed by atoms with Crippen molar-refractivity contribution in [3.8, 4) is 5.75 Å². The highest BCUT2D eigenvalue weighted by Crippen LogP contribution is 2.17. The Labute approximate surface area is 262 Å². The predicted octanol–water partition coefficient (Wildman–Crippen LogP) is 13.5. The van der Waals surface area contributed by atoms with Crippen LogP contribution in [0.25, 0.3) is 0 Å². The summed E-state index contributed by atoms with van der Waals surface area (Å²) in [7, 11) is 0. The van der Waals surface area contributed by atoms with Crippen molar-refractivity contribution in [3.63, 3.8) is 0 Å². The Hall–Kier alpha value is -1.51. The van der Waals surface area contributed by atoms with Crippen LogP contribution in [-0.4, -0.2) is 17.7 Å². The lowest BCUT2D eigenvalue weighted by molar-refractivity contribution is 0.0696. The Balaban J connectivity index is 1.67. The summed E-state index contributed by atoms with van der Waals surface area (Å²) < 4.78 is 5.70. The molecule has 244 valence electrons. The normalized spacial score (nSPS) is 11.3. The molecule has 0 spiro atoms. The van der Waals surface area contributed by atoms with E-state index in [2.05, 4.69) is 6.92 Å². The fourth-order valence-corrected chi connectivity index (χ4v) is 6.03. The second kappa shape index (κ2) is 30.9. The van der Waals surface area contributed by atoms with E-state index in [1.165, 1.54) is 186 Å². The van der Waals surface area contributed by atoms with Crippen molar-refractivity contribution in [1.82, 2.24) is 0 Å². The molecule has 0 unspecified atom stereocenters. The van der Waals surface area contributed by atoms with E-state index in [0.717, 1.165) is 6.42 Å². The van der Waals surface area contributed by atoms with Gasteiger partial charge >= 0.3 is 5.97 Å². The quantitative estimate of drug-likeness (QED) is 0.0833. The van der Waals surface area contributed by atoms with Gasteiger partial charge in [-0.3, -0.25) is 0 Å². The number of ether oxygens (including phenoxy) is 1. The molecule has 0 radical (unpaired) electrons. The Bertz CT molecular complexity index is 701.